The van der Waals surface area contributed by atoms with Gasteiger partial charge in [-0.15, -0.1) is 0 Å². The van der Waals surface area contributed by atoms with Crippen molar-refractivity contribution in [2.24, 2.45) is 5.73 Å². The minimum absolute atomic E-state index is 0.127. The second kappa shape index (κ2) is 11.0. The average molecular weight is 367 g/mol. The average Bonchev–Trinajstić information content (AvgIpc) is 2.70. The number of fused-ring (bicyclic) bond motifs is 1. The first-order valence-electron chi connectivity index (χ1n) is 9.15. The van der Waals surface area contributed by atoms with Crippen LogP contribution >= 0.6 is 0 Å². The van der Waals surface area contributed by atoms with E-state index in [0.717, 1.165) is 12.1 Å². The van der Waals surface area contributed by atoms with Crippen LogP contribution in [0.4, 0.5) is 0 Å². The van der Waals surface area contributed by atoms with Gasteiger partial charge in [-0.2, -0.15) is 0 Å². The van der Waals surface area contributed by atoms with Crippen molar-refractivity contribution in [1.82, 2.24) is 14.5 Å². The molecule has 0 saturated carbocycles. The molecule has 3 aromatic rings. The molecule has 0 unspecified atom stereocenters. The van der Waals surface area contributed by atoms with Gasteiger partial charge in [-0.1, -0.05) is 32.9 Å². The van der Waals surface area contributed by atoms with Gasteiger partial charge in [0.2, 0.25) is 0 Å². The Morgan fingerprint density at radius 1 is 1.19 bits per heavy atom. The van der Waals surface area contributed by atoms with E-state index in [9.17, 15) is 4.79 Å². The minimum atomic E-state index is -0.127. The lowest BCUT2D eigenvalue weighted by atomic mass is 10.1. The summed E-state index contributed by atoms with van der Waals surface area (Å²) < 4.78 is 1.61. The van der Waals surface area contributed by atoms with Crippen LogP contribution in [0.15, 0.2) is 47.4 Å². The molecular weight excluding hydrogens is 338 g/mol. The Hall–Kier alpha value is -2.86. The van der Waals surface area contributed by atoms with Gasteiger partial charge in [0.05, 0.1) is 11.2 Å². The van der Waals surface area contributed by atoms with Crippen molar-refractivity contribution in [3.63, 3.8) is 0 Å². The van der Waals surface area contributed by atoms with Crippen LogP contribution in [-0.4, -0.2) is 26.8 Å². The number of rotatable bonds is 3. The van der Waals surface area contributed by atoms with E-state index in [1.807, 2.05) is 45.0 Å². The third kappa shape index (κ3) is 5.82. The molecule has 2 aromatic heterocycles. The van der Waals surface area contributed by atoms with Gasteiger partial charge < -0.3 is 11.1 Å². The highest BCUT2D eigenvalue weighted by atomic mass is 16.1. The molecule has 0 fully saturated rings. The number of hydrogen-bond donors (Lipinski definition) is 2. The van der Waals surface area contributed by atoms with Crippen LogP contribution in [0, 0.1) is 12.3 Å². The van der Waals surface area contributed by atoms with Crippen molar-refractivity contribution in [2.75, 3.05) is 6.54 Å². The maximum atomic E-state index is 12.6. The summed E-state index contributed by atoms with van der Waals surface area (Å²) in [4.78, 5) is 21.2. The van der Waals surface area contributed by atoms with Crippen LogP contribution in [0.2, 0.25) is 0 Å². The Labute approximate surface area is 160 Å². The molecular formula is C21H29N5O. The quantitative estimate of drug-likeness (QED) is 0.690. The normalized spacial score (nSPS) is 9.70. The molecule has 27 heavy (non-hydrogen) atoms. The van der Waals surface area contributed by atoms with Crippen molar-refractivity contribution < 1.29 is 0 Å². The summed E-state index contributed by atoms with van der Waals surface area (Å²) in [6.07, 6.45) is 2.59. The summed E-state index contributed by atoms with van der Waals surface area (Å²) in [5.41, 5.74) is 8.45. The number of nitrogens with one attached hydrogen (secondary N) is 1. The molecule has 144 valence electrons. The highest BCUT2D eigenvalue weighted by Gasteiger charge is 2.10. The molecule has 0 amide bonds. The summed E-state index contributed by atoms with van der Waals surface area (Å²) in [6, 6.07) is 11.6. The third-order valence-electron chi connectivity index (χ3n) is 3.71. The predicted molar refractivity (Wildman–Crippen MR) is 113 cm³/mol. The van der Waals surface area contributed by atoms with E-state index in [1.54, 1.807) is 29.8 Å². The molecule has 2 heterocycles. The largest absolute Gasteiger partial charge is 0.326 e. The van der Waals surface area contributed by atoms with Gasteiger partial charge in [0, 0.05) is 18.5 Å². The summed E-state index contributed by atoms with van der Waals surface area (Å²) in [5, 5.41) is 6.62. The van der Waals surface area contributed by atoms with Crippen molar-refractivity contribution >= 4 is 16.7 Å². The summed E-state index contributed by atoms with van der Waals surface area (Å²) in [7, 11) is 0. The number of benzene rings is 1. The van der Waals surface area contributed by atoms with Gasteiger partial charge in [0.15, 0.2) is 5.52 Å². The first-order valence-corrected chi connectivity index (χ1v) is 9.15. The summed E-state index contributed by atoms with van der Waals surface area (Å²) >= 11 is 0. The van der Waals surface area contributed by atoms with Crippen LogP contribution in [0.3, 0.4) is 0 Å². The van der Waals surface area contributed by atoms with Crippen LogP contribution in [0.5, 0.6) is 0 Å². The molecule has 0 atom stereocenters. The topological polar surface area (TPSA) is 97.7 Å². The number of nitrogens with zero attached hydrogens (tertiary/aromatic N) is 3. The summed E-state index contributed by atoms with van der Waals surface area (Å²) in [6.45, 7) is 10.0. The molecule has 0 aliphatic carbocycles. The van der Waals surface area contributed by atoms with E-state index < -0.39 is 0 Å². The fraction of sp³-hybridized carbons (Fsp3) is 0.333. The van der Waals surface area contributed by atoms with Crippen molar-refractivity contribution in [3.8, 4) is 5.69 Å². The molecule has 0 bridgehead atoms. The van der Waals surface area contributed by atoms with E-state index in [2.05, 4.69) is 16.9 Å². The molecule has 6 nitrogen and oxygen atoms in total. The summed E-state index contributed by atoms with van der Waals surface area (Å²) in [5.74, 6) is 0.666. The van der Waals surface area contributed by atoms with E-state index in [0.29, 0.717) is 29.1 Å². The van der Waals surface area contributed by atoms with Crippen LogP contribution < -0.4 is 11.3 Å². The van der Waals surface area contributed by atoms with Gasteiger partial charge in [-0.05, 0) is 50.1 Å². The van der Waals surface area contributed by atoms with Gasteiger partial charge >= 0.3 is 0 Å². The zero-order valence-corrected chi connectivity index (χ0v) is 16.8. The highest BCUT2D eigenvalue weighted by molar-refractivity contribution is 5.80. The zero-order chi connectivity index (χ0) is 20.4. The van der Waals surface area contributed by atoms with Gasteiger partial charge in [-0.3, -0.25) is 9.36 Å². The van der Waals surface area contributed by atoms with Crippen LogP contribution in [-0.2, 0) is 6.42 Å². The van der Waals surface area contributed by atoms with Crippen LogP contribution in [0.1, 0.15) is 39.1 Å². The molecule has 0 radical (unpaired) electrons. The maximum Gasteiger partial charge on any atom is 0.284 e. The monoisotopic (exact) mass is 367 g/mol. The molecule has 3 N–H and O–H groups in total. The number of aryl methyl sites for hydroxylation is 2. The van der Waals surface area contributed by atoms with E-state index in [4.69, 9.17) is 11.1 Å². The molecule has 1 aromatic carbocycles. The third-order valence-corrected chi connectivity index (χ3v) is 3.71. The smallest absolute Gasteiger partial charge is 0.284 e. The van der Waals surface area contributed by atoms with Gasteiger partial charge in [-0.25, -0.2) is 9.97 Å². The molecule has 3 rings (SSSR count). The van der Waals surface area contributed by atoms with Gasteiger partial charge in [0.25, 0.3) is 5.56 Å². The Kier molecular flexibility index (Phi) is 9.02. The van der Waals surface area contributed by atoms with E-state index in [-0.39, 0.29) is 5.56 Å². The second-order valence-corrected chi connectivity index (χ2v) is 5.68. The molecule has 0 saturated heterocycles. The number of hydrogen-bond acceptors (Lipinski definition) is 5. The van der Waals surface area contributed by atoms with E-state index in [1.165, 1.54) is 5.56 Å². The van der Waals surface area contributed by atoms with Crippen molar-refractivity contribution in [3.05, 3.63) is 64.3 Å². The fourth-order valence-corrected chi connectivity index (χ4v) is 2.31. The lowest BCUT2D eigenvalue weighted by Gasteiger charge is -2.10. The Balaban J connectivity index is 0.000000454. The Morgan fingerprint density at radius 2 is 1.78 bits per heavy atom. The SMILES string of the molecule is CC.CC(=N)CN.CCc1ccc(-n2c(C)nc3cccnc3c2=O)cc1. The molecule has 0 spiro atoms. The van der Waals surface area contributed by atoms with Crippen LogP contribution in [0.25, 0.3) is 16.7 Å². The number of nitrogens with two attached hydrogens (primary N) is 1. The second-order valence-electron chi connectivity index (χ2n) is 5.68. The highest BCUT2D eigenvalue weighted by Crippen LogP contribution is 2.12. The maximum absolute atomic E-state index is 12.6. The lowest BCUT2D eigenvalue weighted by Crippen LogP contribution is -2.23. The predicted octanol–water partition coefficient (Wildman–Crippen LogP) is 3.66. The first kappa shape index (κ1) is 22.2. The minimum Gasteiger partial charge on any atom is -0.326 e. The van der Waals surface area contributed by atoms with Crippen molar-refractivity contribution in [1.29, 1.82) is 5.41 Å². The first-order chi connectivity index (χ1) is 13.0. The zero-order valence-electron chi connectivity index (χ0n) is 16.8. The Bertz CT molecular complexity index is 929. The van der Waals surface area contributed by atoms with E-state index >= 15 is 0 Å². The van der Waals surface area contributed by atoms with Crippen molar-refractivity contribution in [2.45, 2.75) is 41.0 Å². The molecule has 0 aliphatic heterocycles. The Morgan fingerprint density at radius 3 is 2.30 bits per heavy atom. The standard InChI is InChI=1S/C16H15N3O.C3H8N2.C2H6/c1-3-12-6-8-13(9-7-12)19-11(2)18-14-5-4-10-17-15(14)16(19)20;1-3(5)2-4;1-2/h4-10H,3H2,1-2H3;5H,2,4H2,1H3;1-2H3. The number of pyridine rings is 1. The molecule has 6 heteroatoms. The van der Waals surface area contributed by atoms with Gasteiger partial charge in [0.1, 0.15) is 5.82 Å². The lowest BCUT2D eigenvalue weighted by molar-refractivity contribution is 0.888. The fourth-order valence-electron chi connectivity index (χ4n) is 2.31. The number of aromatic nitrogens is 3. The molecule has 0 aliphatic rings.